The van der Waals surface area contributed by atoms with Crippen LogP contribution in [0.2, 0.25) is 0 Å². The van der Waals surface area contributed by atoms with Crippen LogP contribution in [-0.4, -0.2) is 31.7 Å². The maximum atomic E-state index is 13.3. The van der Waals surface area contributed by atoms with E-state index in [0.29, 0.717) is 41.7 Å². The van der Waals surface area contributed by atoms with Crippen molar-refractivity contribution in [2.45, 2.75) is 42.7 Å². The highest BCUT2D eigenvalue weighted by atomic mass is 32.2. The van der Waals surface area contributed by atoms with Crippen molar-refractivity contribution in [2.75, 3.05) is 18.0 Å². The summed E-state index contributed by atoms with van der Waals surface area (Å²) in [6.07, 6.45) is -0.175. The zero-order valence-electron chi connectivity index (χ0n) is 18.6. The van der Waals surface area contributed by atoms with Crippen molar-refractivity contribution >= 4 is 16.0 Å². The molecule has 186 valence electrons. The summed E-state index contributed by atoms with van der Waals surface area (Å²) in [5.41, 5.74) is 1.13. The third kappa shape index (κ3) is 5.72. The van der Waals surface area contributed by atoms with E-state index in [4.69, 9.17) is 4.74 Å². The molecular weight excluding hydrogens is 486 g/mol. The van der Waals surface area contributed by atoms with Crippen LogP contribution < -0.4 is 9.46 Å². The average Bonchev–Trinajstić information content (AvgIpc) is 2.83. The van der Waals surface area contributed by atoms with E-state index in [2.05, 4.69) is 14.7 Å². The summed E-state index contributed by atoms with van der Waals surface area (Å²) >= 11 is 0. The molecule has 0 aliphatic carbocycles. The van der Waals surface area contributed by atoms with Crippen molar-refractivity contribution in [1.29, 1.82) is 0 Å². The van der Waals surface area contributed by atoms with Gasteiger partial charge in [0.05, 0.1) is 23.7 Å². The molecule has 11 heteroatoms. The number of hydrogen-bond donors (Lipinski definition) is 1. The van der Waals surface area contributed by atoms with Crippen LogP contribution in [0.3, 0.4) is 0 Å². The van der Waals surface area contributed by atoms with Crippen molar-refractivity contribution < 1.29 is 30.7 Å². The summed E-state index contributed by atoms with van der Waals surface area (Å²) in [6, 6.07) is 9.61. The molecule has 35 heavy (non-hydrogen) atoms. The van der Waals surface area contributed by atoms with Crippen LogP contribution in [0.25, 0.3) is 0 Å². The first-order valence-corrected chi connectivity index (χ1v) is 12.5. The molecule has 4 rings (SSSR count). The lowest BCUT2D eigenvalue weighted by atomic mass is 9.82. The molecule has 0 bridgehead atoms. The highest BCUT2D eigenvalue weighted by Crippen LogP contribution is 2.42. The molecule has 1 atom stereocenters. The number of alkyl halides is 4. The predicted octanol–water partition coefficient (Wildman–Crippen LogP) is 5.50. The second kappa shape index (κ2) is 10.2. The molecule has 0 radical (unpaired) electrons. The Kier molecular flexibility index (Phi) is 7.25. The zero-order valence-corrected chi connectivity index (χ0v) is 19.4. The number of nitrogens with one attached hydrogen (secondary N) is 1. The maximum absolute atomic E-state index is 13.3. The summed E-state index contributed by atoms with van der Waals surface area (Å²) in [6.45, 7) is -0.269. The number of nitrogens with zero attached hydrogens (tertiary/aromatic N) is 2. The van der Waals surface area contributed by atoms with Gasteiger partial charge in [-0.15, -0.1) is 0 Å². The maximum Gasteiger partial charge on any atom is 0.416 e. The third-order valence-electron chi connectivity index (χ3n) is 5.80. The van der Waals surface area contributed by atoms with E-state index in [9.17, 15) is 26.0 Å². The van der Waals surface area contributed by atoms with Gasteiger partial charge in [-0.3, -0.25) is 4.39 Å². The molecule has 2 aromatic carbocycles. The molecule has 3 aromatic rings. The summed E-state index contributed by atoms with van der Waals surface area (Å²) in [7, 11) is -3.99. The number of ether oxygens (including phenoxy) is 1. The van der Waals surface area contributed by atoms with Crippen molar-refractivity contribution in [3.63, 3.8) is 0 Å². The first-order valence-electron chi connectivity index (χ1n) is 11.0. The number of fused-ring (bicyclic) bond motifs is 1. The van der Waals surface area contributed by atoms with E-state index in [0.717, 1.165) is 12.1 Å². The fraction of sp³-hybridized carbons (Fsp3) is 0.333. The fourth-order valence-corrected chi connectivity index (χ4v) is 5.11. The number of sulfonamides is 1. The number of rotatable bonds is 8. The molecule has 0 fully saturated rings. The highest BCUT2D eigenvalue weighted by molar-refractivity contribution is 7.92. The molecule has 2 heterocycles. The minimum absolute atomic E-state index is 0.0556. The average molecular weight is 510 g/mol. The Labute approximate surface area is 200 Å². The molecule has 0 saturated carbocycles. The first-order chi connectivity index (χ1) is 16.7. The lowest BCUT2D eigenvalue weighted by Gasteiger charge is -2.29. The van der Waals surface area contributed by atoms with Crippen LogP contribution >= 0.6 is 0 Å². The van der Waals surface area contributed by atoms with Gasteiger partial charge >= 0.3 is 6.18 Å². The lowest BCUT2D eigenvalue weighted by Crippen LogP contribution is -2.19. The second-order valence-electron chi connectivity index (χ2n) is 8.12. The Morgan fingerprint density at radius 2 is 1.77 bits per heavy atom. The van der Waals surface area contributed by atoms with Gasteiger partial charge in [-0.2, -0.15) is 13.2 Å². The number of benzene rings is 2. The Morgan fingerprint density at radius 1 is 1.03 bits per heavy atom. The van der Waals surface area contributed by atoms with Crippen LogP contribution in [-0.2, 0) is 22.6 Å². The molecule has 1 aromatic heterocycles. The molecule has 1 N–H and O–H groups in total. The van der Waals surface area contributed by atoms with Gasteiger partial charge in [-0.25, -0.2) is 23.1 Å². The molecule has 6 nitrogen and oxygen atoms in total. The van der Waals surface area contributed by atoms with Gasteiger partial charge in [0.2, 0.25) is 5.95 Å². The SMILES string of the molecule is O=S(=O)(Nc1ncccn1)c1ccc2c(c1)OCC[C@@H]2c1ccc(C(F)(F)F)cc1CCCCF. The van der Waals surface area contributed by atoms with E-state index in [1.807, 2.05) is 0 Å². The number of aromatic nitrogens is 2. The van der Waals surface area contributed by atoms with Crippen LogP contribution in [0, 0.1) is 0 Å². The minimum Gasteiger partial charge on any atom is -0.493 e. The van der Waals surface area contributed by atoms with Gasteiger partial charge in [0, 0.05) is 29.9 Å². The van der Waals surface area contributed by atoms with E-state index in [1.54, 1.807) is 12.1 Å². The van der Waals surface area contributed by atoms with E-state index < -0.39 is 28.4 Å². The standard InChI is InChI=1S/C24H23F4N3O3S/c25-10-2-1-4-16-14-17(24(26,27)28)5-7-19(16)20-9-13-34-22-15-18(6-8-21(20)22)35(32,33)31-23-29-11-3-12-30-23/h3,5-8,11-12,14-15,20H,1-2,4,9-10,13H2,(H,29,30,31)/t20-/m1/s1. The highest BCUT2D eigenvalue weighted by Gasteiger charge is 2.33. The Morgan fingerprint density at radius 3 is 2.49 bits per heavy atom. The van der Waals surface area contributed by atoms with Crippen molar-refractivity contribution in [3.05, 3.63) is 77.1 Å². The molecule has 0 spiro atoms. The second-order valence-corrected chi connectivity index (χ2v) is 9.81. The number of unbranched alkanes of at least 4 members (excludes halogenated alkanes) is 1. The van der Waals surface area contributed by atoms with Gasteiger partial charge in [-0.05, 0) is 61.1 Å². The quantitative estimate of drug-likeness (QED) is 0.320. The van der Waals surface area contributed by atoms with Crippen molar-refractivity contribution in [2.24, 2.45) is 0 Å². The molecular formula is C24H23F4N3O3S. The Balaban J connectivity index is 1.68. The van der Waals surface area contributed by atoms with Crippen LogP contribution in [0.5, 0.6) is 5.75 Å². The number of aryl methyl sites for hydroxylation is 1. The predicted molar refractivity (Wildman–Crippen MR) is 122 cm³/mol. The summed E-state index contributed by atoms with van der Waals surface area (Å²) < 4.78 is 86.2. The first kappa shape index (κ1) is 24.9. The van der Waals surface area contributed by atoms with Gasteiger partial charge < -0.3 is 4.74 Å². The van der Waals surface area contributed by atoms with Gasteiger partial charge in [0.25, 0.3) is 10.0 Å². The van der Waals surface area contributed by atoms with E-state index in [-0.39, 0.29) is 29.8 Å². The lowest BCUT2D eigenvalue weighted by molar-refractivity contribution is -0.137. The molecule has 1 aliphatic heterocycles. The smallest absolute Gasteiger partial charge is 0.416 e. The Bertz CT molecular complexity index is 1280. The fourth-order valence-electron chi connectivity index (χ4n) is 4.14. The van der Waals surface area contributed by atoms with Crippen LogP contribution in [0.1, 0.15) is 47.4 Å². The topological polar surface area (TPSA) is 81.2 Å². The summed E-state index contributed by atoms with van der Waals surface area (Å²) in [5, 5.41) is 0. The zero-order chi connectivity index (χ0) is 25.1. The van der Waals surface area contributed by atoms with Crippen molar-refractivity contribution in [3.8, 4) is 5.75 Å². The largest absolute Gasteiger partial charge is 0.493 e. The van der Waals surface area contributed by atoms with Crippen LogP contribution in [0.15, 0.2) is 59.8 Å². The number of anilines is 1. The minimum atomic E-state index is -4.49. The van der Waals surface area contributed by atoms with Gasteiger partial charge in [0.15, 0.2) is 0 Å². The molecule has 1 aliphatic rings. The van der Waals surface area contributed by atoms with E-state index in [1.165, 1.54) is 30.6 Å². The molecule has 0 unspecified atom stereocenters. The van der Waals surface area contributed by atoms with E-state index >= 15 is 0 Å². The summed E-state index contributed by atoms with van der Waals surface area (Å²) in [4.78, 5) is 7.66. The normalized spacial score (nSPS) is 15.8. The number of hydrogen-bond acceptors (Lipinski definition) is 5. The van der Waals surface area contributed by atoms with Crippen LogP contribution in [0.4, 0.5) is 23.5 Å². The summed E-state index contributed by atoms with van der Waals surface area (Å²) in [5.74, 6) is -0.0250. The van der Waals surface area contributed by atoms with Crippen molar-refractivity contribution in [1.82, 2.24) is 9.97 Å². The van der Waals surface area contributed by atoms with Gasteiger partial charge in [-0.1, -0.05) is 12.1 Å². The third-order valence-corrected chi connectivity index (χ3v) is 7.13. The van der Waals surface area contributed by atoms with Gasteiger partial charge in [0.1, 0.15) is 5.75 Å². The molecule has 0 amide bonds. The molecule has 0 saturated heterocycles. The Hall–Kier alpha value is -3.21. The number of halogens is 4. The monoisotopic (exact) mass is 509 g/mol.